The van der Waals surface area contributed by atoms with Crippen LogP contribution in [0.1, 0.15) is 36.8 Å². The Morgan fingerprint density at radius 2 is 2.14 bits per heavy atom. The van der Waals surface area contributed by atoms with Crippen LogP contribution in [0.15, 0.2) is 30.6 Å². The van der Waals surface area contributed by atoms with Gasteiger partial charge in [0.25, 0.3) is 5.91 Å². The molecule has 0 aliphatic heterocycles. The lowest BCUT2D eigenvalue weighted by Gasteiger charge is -2.28. The Bertz CT molecular complexity index is 644. The monoisotopic (exact) mass is 302 g/mol. The van der Waals surface area contributed by atoms with Crippen molar-refractivity contribution in [3.8, 4) is 5.82 Å². The summed E-state index contributed by atoms with van der Waals surface area (Å²) in [5.74, 6) is 0.536. The molecule has 0 unspecified atom stereocenters. The third-order valence-corrected chi connectivity index (χ3v) is 3.35. The van der Waals surface area contributed by atoms with Crippen molar-refractivity contribution in [1.29, 1.82) is 0 Å². The van der Waals surface area contributed by atoms with Crippen molar-refractivity contribution >= 4 is 5.91 Å². The van der Waals surface area contributed by atoms with Crippen molar-refractivity contribution in [2.24, 2.45) is 0 Å². The summed E-state index contributed by atoms with van der Waals surface area (Å²) >= 11 is 0. The number of pyridine rings is 1. The van der Waals surface area contributed by atoms with Crippen LogP contribution in [0.2, 0.25) is 0 Å². The Morgan fingerprint density at radius 1 is 1.41 bits per heavy atom. The van der Waals surface area contributed by atoms with Crippen LogP contribution in [-0.4, -0.2) is 49.4 Å². The summed E-state index contributed by atoms with van der Waals surface area (Å²) < 4.78 is 1.64. The van der Waals surface area contributed by atoms with Gasteiger partial charge < -0.3 is 10.0 Å². The maximum atomic E-state index is 12.7. The fourth-order valence-electron chi connectivity index (χ4n) is 2.29. The second kappa shape index (κ2) is 6.27. The van der Waals surface area contributed by atoms with E-state index in [0.717, 1.165) is 5.69 Å². The van der Waals surface area contributed by atoms with Crippen LogP contribution in [0, 0.1) is 6.92 Å². The smallest absolute Gasteiger partial charge is 0.257 e. The molecule has 118 valence electrons. The topological polar surface area (TPSA) is 71.2 Å². The van der Waals surface area contributed by atoms with Gasteiger partial charge in [-0.2, -0.15) is 5.10 Å². The van der Waals surface area contributed by atoms with Gasteiger partial charge in [0.15, 0.2) is 5.82 Å². The highest BCUT2D eigenvalue weighted by molar-refractivity contribution is 5.95. The molecule has 6 heteroatoms. The molecule has 6 nitrogen and oxygen atoms in total. The third-order valence-electron chi connectivity index (χ3n) is 3.35. The van der Waals surface area contributed by atoms with Crippen LogP contribution in [0.4, 0.5) is 0 Å². The maximum absolute atomic E-state index is 12.7. The van der Waals surface area contributed by atoms with E-state index in [9.17, 15) is 9.90 Å². The van der Waals surface area contributed by atoms with Crippen LogP contribution in [0.3, 0.4) is 0 Å². The third kappa shape index (κ3) is 3.51. The summed E-state index contributed by atoms with van der Waals surface area (Å²) in [6.45, 7) is 7.91. The lowest BCUT2D eigenvalue weighted by molar-refractivity contribution is 0.0314. The van der Waals surface area contributed by atoms with Gasteiger partial charge in [-0.25, -0.2) is 9.67 Å². The fraction of sp³-hybridized carbons (Fsp3) is 0.438. The highest BCUT2D eigenvalue weighted by Crippen LogP contribution is 2.16. The molecular weight excluding hydrogens is 280 g/mol. The minimum absolute atomic E-state index is 0.135. The Labute approximate surface area is 130 Å². The number of aliphatic hydroxyl groups is 1. The minimum atomic E-state index is -0.934. The van der Waals surface area contributed by atoms with Gasteiger partial charge in [0.05, 0.1) is 23.1 Å². The first kappa shape index (κ1) is 16.2. The van der Waals surface area contributed by atoms with Gasteiger partial charge in [-0.05, 0) is 39.8 Å². The first-order valence-electron chi connectivity index (χ1n) is 7.31. The number of amides is 1. The van der Waals surface area contributed by atoms with Crippen molar-refractivity contribution in [2.75, 3.05) is 13.1 Å². The Balaban J connectivity index is 2.30. The number of nitrogens with zero attached hydrogens (tertiary/aromatic N) is 4. The molecule has 0 aromatic carbocycles. The zero-order valence-electron chi connectivity index (χ0n) is 13.4. The minimum Gasteiger partial charge on any atom is -0.389 e. The summed E-state index contributed by atoms with van der Waals surface area (Å²) in [6.07, 6.45) is 3.24. The van der Waals surface area contributed by atoms with Crippen LogP contribution in [0.5, 0.6) is 0 Å². The number of hydrogen-bond acceptors (Lipinski definition) is 4. The van der Waals surface area contributed by atoms with E-state index in [-0.39, 0.29) is 12.5 Å². The highest BCUT2D eigenvalue weighted by Gasteiger charge is 2.25. The zero-order valence-corrected chi connectivity index (χ0v) is 13.4. The second-order valence-corrected chi connectivity index (χ2v) is 5.88. The largest absolute Gasteiger partial charge is 0.389 e. The molecule has 1 amide bonds. The number of rotatable bonds is 5. The quantitative estimate of drug-likeness (QED) is 0.914. The van der Waals surface area contributed by atoms with Crippen molar-refractivity contribution in [1.82, 2.24) is 19.7 Å². The molecule has 0 aliphatic carbocycles. The molecule has 22 heavy (non-hydrogen) atoms. The standard InChI is InChI=1S/C16H22N4O2/c1-5-19(11-16(3,4)22)15(21)13-10-18-20(12(13)2)14-8-6-7-9-17-14/h6-10,22H,5,11H2,1-4H3. The van der Waals surface area contributed by atoms with Crippen molar-refractivity contribution in [2.45, 2.75) is 33.3 Å². The Morgan fingerprint density at radius 3 is 2.68 bits per heavy atom. The second-order valence-electron chi connectivity index (χ2n) is 5.88. The molecule has 0 aliphatic rings. The number of carbonyl (C=O) groups excluding carboxylic acids is 1. The molecule has 1 N–H and O–H groups in total. The molecule has 0 atom stereocenters. The zero-order chi connectivity index (χ0) is 16.3. The van der Waals surface area contributed by atoms with Gasteiger partial charge in [-0.3, -0.25) is 4.79 Å². The Kier molecular flexibility index (Phi) is 4.61. The summed E-state index contributed by atoms with van der Waals surface area (Å²) in [6, 6.07) is 5.54. The normalized spacial score (nSPS) is 11.5. The van der Waals surface area contributed by atoms with Gasteiger partial charge in [-0.15, -0.1) is 0 Å². The van der Waals surface area contributed by atoms with Crippen molar-refractivity contribution in [3.63, 3.8) is 0 Å². The number of carbonyl (C=O) groups is 1. The first-order chi connectivity index (χ1) is 10.3. The number of likely N-dealkylation sites (N-methyl/N-ethyl adjacent to an activating group) is 1. The fourth-order valence-corrected chi connectivity index (χ4v) is 2.29. The number of aromatic nitrogens is 3. The van der Waals surface area contributed by atoms with Crippen LogP contribution in [-0.2, 0) is 0 Å². The van der Waals surface area contributed by atoms with Gasteiger partial charge in [-0.1, -0.05) is 6.07 Å². The lowest BCUT2D eigenvalue weighted by Crippen LogP contribution is -2.42. The molecule has 0 radical (unpaired) electrons. The number of hydrogen-bond donors (Lipinski definition) is 1. The molecule has 2 heterocycles. The lowest BCUT2D eigenvalue weighted by atomic mass is 10.1. The summed E-state index contributed by atoms with van der Waals surface area (Å²) in [5.41, 5.74) is 0.325. The summed E-state index contributed by atoms with van der Waals surface area (Å²) in [5, 5.41) is 14.2. The van der Waals surface area contributed by atoms with E-state index in [1.54, 1.807) is 35.8 Å². The highest BCUT2D eigenvalue weighted by atomic mass is 16.3. The van der Waals surface area contributed by atoms with Crippen molar-refractivity contribution < 1.29 is 9.90 Å². The molecule has 2 rings (SSSR count). The van der Waals surface area contributed by atoms with Crippen LogP contribution >= 0.6 is 0 Å². The summed E-state index contributed by atoms with van der Waals surface area (Å²) in [4.78, 5) is 18.5. The van der Waals surface area contributed by atoms with E-state index in [0.29, 0.717) is 17.9 Å². The molecule has 0 saturated carbocycles. The van der Waals surface area contributed by atoms with E-state index in [1.165, 1.54) is 0 Å². The average molecular weight is 302 g/mol. The van der Waals surface area contributed by atoms with E-state index in [2.05, 4.69) is 10.1 Å². The van der Waals surface area contributed by atoms with Gasteiger partial charge >= 0.3 is 0 Å². The van der Waals surface area contributed by atoms with E-state index in [4.69, 9.17) is 0 Å². The molecule has 0 fully saturated rings. The first-order valence-corrected chi connectivity index (χ1v) is 7.31. The molecule has 0 spiro atoms. The maximum Gasteiger partial charge on any atom is 0.257 e. The van der Waals surface area contributed by atoms with Gasteiger partial charge in [0.2, 0.25) is 0 Å². The average Bonchev–Trinajstić information content (AvgIpc) is 2.85. The molecule has 0 saturated heterocycles. The predicted molar refractivity (Wildman–Crippen MR) is 84.0 cm³/mol. The van der Waals surface area contributed by atoms with E-state index < -0.39 is 5.60 Å². The van der Waals surface area contributed by atoms with E-state index in [1.807, 2.05) is 32.0 Å². The van der Waals surface area contributed by atoms with Gasteiger partial charge in [0.1, 0.15) is 0 Å². The molecule has 0 bridgehead atoms. The predicted octanol–water partition coefficient (Wildman–Crippen LogP) is 1.81. The molecular formula is C16H22N4O2. The van der Waals surface area contributed by atoms with Crippen molar-refractivity contribution in [3.05, 3.63) is 41.9 Å². The Hall–Kier alpha value is -2.21. The van der Waals surface area contributed by atoms with Crippen LogP contribution in [0.25, 0.3) is 5.82 Å². The van der Waals surface area contributed by atoms with E-state index >= 15 is 0 Å². The van der Waals surface area contributed by atoms with Crippen LogP contribution < -0.4 is 0 Å². The van der Waals surface area contributed by atoms with Gasteiger partial charge in [0, 0.05) is 19.3 Å². The molecule has 2 aromatic rings. The SMILES string of the molecule is CCN(CC(C)(C)O)C(=O)c1cnn(-c2ccccn2)c1C. The summed E-state index contributed by atoms with van der Waals surface area (Å²) in [7, 11) is 0. The molecule has 2 aromatic heterocycles.